The van der Waals surface area contributed by atoms with Crippen LogP contribution in [0.25, 0.3) is 22.4 Å². The Morgan fingerprint density at radius 3 is 2.85 bits per heavy atom. The Bertz CT molecular complexity index is 1010. The minimum absolute atomic E-state index is 0.00739. The van der Waals surface area contributed by atoms with Gasteiger partial charge in [-0.05, 0) is 45.5 Å². The lowest BCUT2D eigenvalue weighted by Gasteiger charge is -2.30. The van der Waals surface area contributed by atoms with Crippen LogP contribution in [0, 0.1) is 12.7 Å². The summed E-state index contributed by atoms with van der Waals surface area (Å²) in [5, 5.41) is 8.82. The van der Waals surface area contributed by atoms with Crippen molar-refractivity contribution < 1.29 is 9.13 Å². The number of aryl methyl sites for hydroxylation is 1. The minimum atomic E-state index is -0.603. The number of hydrogen-bond acceptors (Lipinski definition) is 5. The number of methoxy groups -OCH3 is 1. The molecule has 1 fully saturated rings. The van der Waals surface area contributed by atoms with Crippen molar-refractivity contribution in [2.24, 2.45) is 0 Å². The van der Waals surface area contributed by atoms with Crippen LogP contribution in [0.2, 0.25) is 5.02 Å². The van der Waals surface area contributed by atoms with Crippen LogP contribution in [-0.4, -0.2) is 51.9 Å². The first-order valence-electron chi connectivity index (χ1n) is 8.92. The number of aromatic nitrogens is 4. The van der Waals surface area contributed by atoms with Crippen LogP contribution in [0.1, 0.15) is 24.4 Å². The van der Waals surface area contributed by atoms with Crippen molar-refractivity contribution in [3.8, 4) is 17.0 Å². The van der Waals surface area contributed by atoms with Gasteiger partial charge in [-0.1, -0.05) is 11.6 Å². The first-order chi connectivity index (χ1) is 13.0. The average molecular weight is 390 g/mol. The zero-order valence-corrected chi connectivity index (χ0v) is 16.3. The highest BCUT2D eigenvalue weighted by Crippen LogP contribution is 2.37. The molecule has 3 heterocycles. The van der Waals surface area contributed by atoms with Crippen LogP contribution in [0.15, 0.2) is 18.5 Å². The Balaban J connectivity index is 1.82. The normalized spacial score (nSPS) is 18.2. The van der Waals surface area contributed by atoms with Crippen molar-refractivity contribution in [3.63, 3.8) is 0 Å². The molecule has 1 saturated heterocycles. The Labute approximate surface area is 161 Å². The second kappa shape index (κ2) is 7.05. The van der Waals surface area contributed by atoms with Gasteiger partial charge in [-0.15, -0.1) is 10.2 Å². The molecule has 1 aromatic carbocycles. The van der Waals surface area contributed by atoms with Gasteiger partial charge in [0, 0.05) is 23.7 Å². The minimum Gasteiger partial charge on any atom is -0.493 e. The van der Waals surface area contributed by atoms with Gasteiger partial charge in [0.15, 0.2) is 17.2 Å². The molecule has 0 saturated carbocycles. The smallest absolute Gasteiger partial charge is 0.184 e. The van der Waals surface area contributed by atoms with Crippen LogP contribution >= 0.6 is 11.6 Å². The van der Waals surface area contributed by atoms with E-state index in [-0.39, 0.29) is 10.8 Å². The summed E-state index contributed by atoms with van der Waals surface area (Å²) in [5.41, 5.74) is 3.41. The highest BCUT2D eigenvalue weighted by molar-refractivity contribution is 6.31. The van der Waals surface area contributed by atoms with Crippen LogP contribution in [-0.2, 0) is 0 Å². The maximum Gasteiger partial charge on any atom is 0.184 e. The summed E-state index contributed by atoms with van der Waals surface area (Å²) in [6.07, 6.45) is 4.07. The van der Waals surface area contributed by atoms with Gasteiger partial charge >= 0.3 is 0 Å². The Hall–Kier alpha value is -2.25. The molecular formula is C19H21ClFN5O. The molecule has 27 heavy (non-hydrogen) atoms. The van der Waals surface area contributed by atoms with E-state index in [1.54, 1.807) is 6.07 Å². The fraction of sp³-hybridized carbons (Fsp3) is 0.421. The molecule has 1 aliphatic rings. The summed E-state index contributed by atoms with van der Waals surface area (Å²) in [7, 11) is 3.54. The molecule has 4 rings (SSSR count). The molecule has 0 radical (unpaired) electrons. The molecule has 0 spiro atoms. The Kier molecular flexibility index (Phi) is 4.74. The van der Waals surface area contributed by atoms with Gasteiger partial charge in [0.2, 0.25) is 0 Å². The summed E-state index contributed by atoms with van der Waals surface area (Å²) < 4.78 is 21.7. The zero-order chi connectivity index (χ0) is 19.1. The molecule has 2 aromatic heterocycles. The molecular weight excluding hydrogens is 369 g/mol. The molecule has 0 unspecified atom stereocenters. The molecule has 0 N–H and O–H groups in total. The first-order valence-corrected chi connectivity index (χ1v) is 9.29. The van der Waals surface area contributed by atoms with E-state index in [4.69, 9.17) is 16.3 Å². The van der Waals surface area contributed by atoms with Gasteiger partial charge in [-0.25, -0.2) is 9.37 Å². The van der Waals surface area contributed by atoms with Gasteiger partial charge in [0.1, 0.15) is 11.2 Å². The van der Waals surface area contributed by atoms with E-state index < -0.39 is 5.82 Å². The molecule has 3 aromatic rings. The number of benzene rings is 1. The molecule has 8 heteroatoms. The third-order valence-corrected chi connectivity index (χ3v) is 5.52. The third kappa shape index (κ3) is 3.04. The highest BCUT2D eigenvalue weighted by atomic mass is 35.5. The van der Waals surface area contributed by atoms with E-state index >= 15 is 0 Å². The quantitative estimate of drug-likeness (QED) is 0.680. The fourth-order valence-corrected chi connectivity index (χ4v) is 3.96. The maximum atomic E-state index is 14.3. The summed E-state index contributed by atoms with van der Waals surface area (Å²) in [6.45, 7) is 3.99. The van der Waals surface area contributed by atoms with Gasteiger partial charge < -0.3 is 14.2 Å². The highest BCUT2D eigenvalue weighted by Gasteiger charge is 2.24. The predicted octanol–water partition coefficient (Wildman–Crippen LogP) is 3.87. The van der Waals surface area contributed by atoms with E-state index in [2.05, 4.69) is 31.7 Å². The van der Waals surface area contributed by atoms with E-state index in [0.29, 0.717) is 17.3 Å². The largest absolute Gasteiger partial charge is 0.493 e. The van der Waals surface area contributed by atoms with E-state index in [9.17, 15) is 4.39 Å². The Morgan fingerprint density at radius 1 is 1.30 bits per heavy atom. The topological polar surface area (TPSA) is 56.1 Å². The van der Waals surface area contributed by atoms with Crippen molar-refractivity contribution in [3.05, 3.63) is 34.9 Å². The molecule has 1 atom stereocenters. The van der Waals surface area contributed by atoms with Crippen molar-refractivity contribution in [2.45, 2.75) is 25.8 Å². The second-order valence-electron chi connectivity index (χ2n) is 7.00. The van der Waals surface area contributed by atoms with Crippen LogP contribution < -0.4 is 4.74 Å². The van der Waals surface area contributed by atoms with Crippen molar-refractivity contribution in [1.29, 1.82) is 0 Å². The lowest BCUT2D eigenvalue weighted by Crippen LogP contribution is -2.33. The summed E-state index contributed by atoms with van der Waals surface area (Å²) >= 11 is 5.88. The lowest BCUT2D eigenvalue weighted by molar-refractivity contribution is 0.214. The Morgan fingerprint density at radius 2 is 2.11 bits per heavy atom. The molecule has 6 nitrogen and oxygen atoms in total. The van der Waals surface area contributed by atoms with E-state index in [1.165, 1.54) is 13.2 Å². The number of fused-ring (bicyclic) bond motifs is 1. The number of nitrogens with zero attached hydrogens (tertiary/aromatic N) is 5. The monoisotopic (exact) mass is 389 g/mol. The number of hydrogen-bond donors (Lipinski definition) is 0. The number of piperidine rings is 1. The van der Waals surface area contributed by atoms with Crippen molar-refractivity contribution in [1.82, 2.24) is 24.6 Å². The lowest BCUT2D eigenvalue weighted by atomic mass is 10.0. The van der Waals surface area contributed by atoms with Crippen molar-refractivity contribution in [2.75, 3.05) is 27.2 Å². The predicted molar refractivity (Wildman–Crippen MR) is 103 cm³/mol. The molecule has 0 amide bonds. The van der Waals surface area contributed by atoms with Gasteiger partial charge in [0.25, 0.3) is 0 Å². The molecule has 0 bridgehead atoms. The second-order valence-corrected chi connectivity index (χ2v) is 7.41. The molecule has 0 aliphatic carbocycles. The van der Waals surface area contributed by atoms with Gasteiger partial charge in [0.05, 0.1) is 18.5 Å². The SMILES string of the molecule is COc1c(-c2nnc3c(ncn3[C@@H]3CCCN(C)C3)c2C)ccc(Cl)c1F. The number of ether oxygens (including phenoxy) is 1. The number of rotatable bonds is 3. The third-order valence-electron chi connectivity index (χ3n) is 5.22. The van der Waals surface area contributed by atoms with E-state index in [0.717, 1.165) is 42.7 Å². The zero-order valence-electron chi connectivity index (χ0n) is 15.5. The van der Waals surface area contributed by atoms with Gasteiger partial charge in [-0.3, -0.25) is 0 Å². The molecule has 1 aliphatic heterocycles. The molecule has 142 valence electrons. The number of imidazole rings is 1. The van der Waals surface area contributed by atoms with Crippen LogP contribution in [0.5, 0.6) is 5.75 Å². The first kappa shape index (κ1) is 18.1. The standard InChI is InChI=1S/C19H21ClFN5O/c1-11-16(13-6-7-14(20)15(21)18(13)27-3)23-24-19-17(11)22-10-26(19)12-5-4-8-25(2)9-12/h6-7,10,12H,4-5,8-9H2,1-3H3/t12-/m1/s1. The summed E-state index contributed by atoms with van der Waals surface area (Å²) in [4.78, 5) is 6.90. The maximum absolute atomic E-state index is 14.3. The average Bonchev–Trinajstić information content (AvgIpc) is 3.09. The fourth-order valence-electron chi connectivity index (χ4n) is 3.81. The number of likely N-dealkylation sites (tertiary alicyclic amines) is 1. The number of likely N-dealkylation sites (N-methyl/N-ethyl adjacent to an activating group) is 1. The van der Waals surface area contributed by atoms with E-state index in [1.807, 2.05) is 13.3 Å². The summed E-state index contributed by atoms with van der Waals surface area (Å²) in [6, 6.07) is 3.52. The summed E-state index contributed by atoms with van der Waals surface area (Å²) in [5.74, 6) is -0.540. The van der Waals surface area contributed by atoms with Crippen LogP contribution in [0.3, 0.4) is 0 Å². The van der Waals surface area contributed by atoms with Crippen molar-refractivity contribution >= 4 is 22.8 Å². The van der Waals surface area contributed by atoms with Gasteiger partial charge in [-0.2, -0.15) is 0 Å². The van der Waals surface area contributed by atoms with Crippen LogP contribution in [0.4, 0.5) is 4.39 Å². The number of halogens is 2.